The standard InChI is InChI=1S/C22H24N2O2/c1-14(2)12-21(16-8-10-17(11-9-16)22(25)26)24-20-13-18-6-4-5-7-19(18)23-15(20)3/h4-11,13-14,21,24H,12H2,1-3H3,(H,25,26). The zero-order valence-electron chi connectivity index (χ0n) is 15.4. The molecule has 2 N–H and O–H groups in total. The van der Waals surface area contributed by atoms with Crippen LogP contribution in [0, 0.1) is 12.8 Å². The van der Waals surface area contributed by atoms with E-state index in [-0.39, 0.29) is 6.04 Å². The summed E-state index contributed by atoms with van der Waals surface area (Å²) in [6.07, 6.45) is 0.943. The van der Waals surface area contributed by atoms with E-state index in [1.165, 1.54) is 0 Å². The average Bonchev–Trinajstić information content (AvgIpc) is 2.61. The molecule has 4 nitrogen and oxygen atoms in total. The lowest BCUT2D eigenvalue weighted by atomic mass is 9.95. The predicted molar refractivity (Wildman–Crippen MR) is 106 cm³/mol. The monoisotopic (exact) mass is 348 g/mol. The maximum Gasteiger partial charge on any atom is 0.335 e. The van der Waals surface area contributed by atoms with Crippen LogP contribution in [-0.4, -0.2) is 16.1 Å². The predicted octanol–water partition coefficient (Wildman–Crippen LogP) is 5.44. The van der Waals surface area contributed by atoms with Gasteiger partial charge in [-0.25, -0.2) is 4.79 Å². The van der Waals surface area contributed by atoms with Gasteiger partial charge in [0.25, 0.3) is 0 Å². The maximum atomic E-state index is 11.1. The SMILES string of the molecule is Cc1nc2ccccc2cc1NC(CC(C)C)c1ccc(C(=O)O)cc1. The number of fused-ring (bicyclic) bond motifs is 1. The maximum absolute atomic E-state index is 11.1. The first-order valence-electron chi connectivity index (χ1n) is 8.90. The van der Waals surface area contributed by atoms with E-state index in [1.807, 2.05) is 37.3 Å². The van der Waals surface area contributed by atoms with Gasteiger partial charge in [-0.2, -0.15) is 0 Å². The van der Waals surface area contributed by atoms with Crippen LogP contribution in [-0.2, 0) is 0 Å². The van der Waals surface area contributed by atoms with Crippen molar-refractivity contribution in [2.45, 2.75) is 33.2 Å². The number of benzene rings is 2. The van der Waals surface area contributed by atoms with Crippen LogP contribution < -0.4 is 5.32 Å². The fourth-order valence-corrected chi connectivity index (χ4v) is 3.15. The van der Waals surface area contributed by atoms with Crippen LogP contribution in [0.5, 0.6) is 0 Å². The molecule has 1 heterocycles. The molecule has 4 heteroatoms. The number of aromatic carboxylic acids is 1. The molecule has 0 bridgehead atoms. The van der Waals surface area contributed by atoms with Crippen LogP contribution in [0.2, 0.25) is 0 Å². The summed E-state index contributed by atoms with van der Waals surface area (Å²) in [5, 5.41) is 13.8. The molecule has 1 aromatic heterocycles. The first-order valence-corrected chi connectivity index (χ1v) is 8.90. The summed E-state index contributed by atoms with van der Waals surface area (Å²) in [5.74, 6) is -0.403. The molecule has 0 aliphatic carbocycles. The molecule has 0 saturated heterocycles. The number of pyridine rings is 1. The Morgan fingerprint density at radius 2 is 1.81 bits per heavy atom. The van der Waals surface area contributed by atoms with Crippen LogP contribution in [0.1, 0.15) is 47.9 Å². The third-order valence-corrected chi connectivity index (χ3v) is 4.51. The van der Waals surface area contributed by atoms with Gasteiger partial charge in [0, 0.05) is 5.39 Å². The van der Waals surface area contributed by atoms with Crippen molar-refractivity contribution in [3.8, 4) is 0 Å². The second kappa shape index (κ2) is 7.56. The minimum atomic E-state index is -0.903. The molecule has 2 aromatic carbocycles. The molecule has 0 aliphatic rings. The highest BCUT2D eigenvalue weighted by Gasteiger charge is 2.16. The number of nitrogens with one attached hydrogen (secondary N) is 1. The minimum Gasteiger partial charge on any atom is -0.478 e. The molecule has 0 fully saturated rings. The fourth-order valence-electron chi connectivity index (χ4n) is 3.15. The van der Waals surface area contributed by atoms with Crippen LogP contribution in [0.3, 0.4) is 0 Å². The molecule has 26 heavy (non-hydrogen) atoms. The lowest BCUT2D eigenvalue weighted by molar-refractivity contribution is 0.0697. The van der Waals surface area contributed by atoms with Gasteiger partial charge >= 0.3 is 5.97 Å². The molecule has 3 aromatic rings. The number of carboxylic acid groups (broad SMARTS) is 1. The molecule has 3 rings (SSSR count). The molecule has 1 unspecified atom stereocenters. The summed E-state index contributed by atoms with van der Waals surface area (Å²) in [6, 6.07) is 17.4. The molecular formula is C22H24N2O2. The first kappa shape index (κ1) is 17.9. The largest absolute Gasteiger partial charge is 0.478 e. The number of nitrogens with zero attached hydrogens (tertiary/aromatic N) is 1. The Morgan fingerprint density at radius 3 is 2.46 bits per heavy atom. The highest BCUT2D eigenvalue weighted by molar-refractivity contribution is 5.87. The highest BCUT2D eigenvalue weighted by atomic mass is 16.4. The van der Waals surface area contributed by atoms with E-state index in [1.54, 1.807) is 12.1 Å². The summed E-state index contributed by atoms with van der Waals surface area (Å²) in [4.78, 5) is 15.8. The van der Waals surface area contributed by atoms with Crippen molar-refractivity contribution in [2.75, 3.05) is 5.32 Å². The molecule has 0 spiro atoms. The van der Waals surface area contributed by atoms with Gasteiger partial charge < -0.3 is 10.4 Å². The van der Waals surface area contributed by atoms with Gasteiger partial charge in [-0.05, 0) is 49.1 Å². The number of para-hydroxylation sites is 1. The molecule has 1 atom stereocenters. The Balaban J connectivity index is 1.93. The molecule has 0 aliphatic heterocycles. The Hall–Kier alpha value is -2.88. The Bertz CT molecular complexity index is 917. The number of hydrogen-bond donors (Lipinski definition) is 2. The van der Waals surface area contributed by atoms with Gasteiger partial charge in [0.15, 0.2) is 0 Å². The van der Waals surface area contributed by atoms with Crippen molar-refractivity contribution in [2.24, 2.45) is 5.92 Å². The second-order valence-corrected chi connectivity index (χ2v) is 7.07. The summed E-state index contributed by atoms with van der Waals surface area (Å²) in [6.45, 7) is 6.38. The van der Waals surface area contributed by atoms with Gasteiger partial charge in [-0.15, -0.1) is 0 Å². The molecule has 134 valence electrons. The van der Waals surface area contributed by atoms with E-state index < -0.39 is 5.97 Å². The van der Waals surface area contributed by atoms with E-state index in [9.17, 15) is 4.79 Å². The molecule has 0 saturated carbocycles. The van der Waals surface area contributed by atoms with E-state index in [4.69, 9.17) is 10.1 Å². The zero-order valence-corrected chi connectivity index (χ0v) is 15.4. The quantitative estimate of drug-likeness (QED) is 0.622. The van der Waals surface area contributed by atoms with Crippen molar-refractivity contribution in [1.82, 2.24) is 4.98 Å². The van der Waals surface area contributed by atoms with Gasteiger partial charge in [0.05, 0.1) is 28.5 Å². The normalized spacial score (nSPS) is 12.3. The van der Waals surface area contributed by atoms with Gasteiger partial charge in [-0.1, -0.05) is 44.2 Å². The Morgan fingerprint density at radius 1 is 1.12 bits per heavy atom. The lowest BCUT2D eigenvalue weighted by Gasteiger charge is -2.23. The highest BCUT2D eigenvalue weighted by Crippen LogP contribution is 2.29. The summed E-state index contributed by atoms with van der Waals surface area (Å²) in [7, 11) is 0. The third kappa shape index (κ3) is 4.02. The smallest absolute Gasteiger partial charge is 0.335 e. The van der Waals surface area contributed by atoms with Crippen molar-refractivity contribution in [1.29, 1.82) is 0 Å². The second-order valence-electron chi connectivity index (χ2n) is 7.07. The summed E-state index contributed by atoms with van der Waals surface area (Å²) >= 11 is 0. The number of hydrogen-bond acceptors (Lipinski definition) is 3. The van der Waals surface area contributed by atoms with Gasteiger partial charge in [-0.3, -0.25) is 4.98 Å². The van der Waals surface area contributed by atoms with E-state index in [0.29, 0.717) is 11.5 Å². The summed E-state index contributed by atoms with van der Waals surface area (Å²) < 4.78 is 0. The van der Waals surface area contributed by atoms with Gasteiger partial charge in [0.2, 0.25) is 0 Å². The number of carboxylic acids is 1. The Kier molecular flexibility index (Phi) is 5.21. The average molecular weight is 348 g/mol. The topological polar surface area (TPSA) is 62.2 Å². The van der Waals surface area contributed by atoms with E-state index >= 15 is 0 Å². The first-order chi connectivity index (χ1) is 12.4. The number of aromatic nitrogens is 1. The molecular weight excluding hydrogens is 324 g/mol. The van der Waals surface area contributed by atoms with Crippen LogP contribution >= 0.6 is 0 Å². The van der Waals surface area contributed by atoms with E-state index in [2.05, 4.69) is 31.3 Å². The molecule has 0 radical (unpaired) electrons. The number of rotatable bonds is 6. The summed E-state index contributed by atoms with van der Waals surface area (Å²) in [5.41, 5.74) is 4.34. The van der Waals surface area contributed by atoms with Crippen LogP contribution in [0.25, 0.3) is 10.9 Å². The van der Waals surface area contributed by atoms with Gasteiger partial charge in [0.1, 0.15) is 0 Å². The Labute approximate surface area is 153 Å². The number of aryl methyl sites for hydroxylation is 1. The lowest BCUT2D eigenvalue weighted by Crippen LogP contribution is -2.14. The van der Waals surface area contributed by atoms with Crippen molar-refractivity contribution in [3.63, 3.8) is 0 Å². The number of carbonyl (C=O) groups is 1. The molecule has 0 amide bonds. The van der Waals surface area contributed by atoms with Crippen LogP contribution in [0.4, 0.5) is 5.69 Å². The fraction of sp³-hybridized carbons (Fsp3) is 0.273. The van der Waals surface area contributed by atoms with Crippen molar-refractivity contribution >= 4 is 22.6 Å². The van der Waals surface area contributed by atoms with E-state index in [0.717, 1.165) is 34.3 Å². The zero-order chi connectivity index (χ0) is 18.7. The van der Waals surface area contributed by atoms with Crippen molar-refractivity contribution in [3.05, 3.63) is 71.4 Å². The van der Waals surface area contributed by atoms with Crippen molar-refractivity contribution < 1.29 is 9.90 Å². The van der Waals surface area contributed by atoms with Crippen LogP contribution in [0.15, 0.2) is 54.6 Å². The third-order valence-electron chi connectivity index (χ3n) is 4.51. The number of anilines is 1. The minimum absolute atomic E-state index is 0.0968.